The molecule has 70 heavy (non-hydrogen) atoms. The summed E-state index contributed by atoms with van der Waals surface area (Å²) < 4.78 is 146. The molecule has 2 aromatic heterocycles. The maximum atomic E-state index is 15.6. The fourth-order valence-corrected chi connectivity index (χ4v) is 10.2. The van der Waals surface area contributed by atoms with E-state index in [9.17, 15) is 53.2 Å². The van der Waals surface area contributed by atoms with Gasteiger partial charge in [0.25, 0.3) is 0 Å². The molecule has 28 heteroatoms. The van der Waals surface area contributed by atoms with Gasteiger partial charge in [0.1, 0.15) is 17.2 Å². The number of halogens is 9. The molecule has 2 aromatic carbocycles. The maximum absolute atomic E-state index is 15.6. The van der Waals surface area contributed by atoms with Crippen LogP contribution in [0.4, 0.5) is 56.5 Å². The van der Waals surface area contributed by atoms with E-state index in [0.717, 1.165) is 48.9 Å². The number of nitrogens with zero attached hydrogens (tertiary/aromatic N) is 5. The van der Waals surface area contributed by atoms with Crippen LogP contribution in [0.5, 0.6) is 0 Å². The average Bonchev–Trinajstić information content (AvgIpc) is 3.99. The summed E-state index contributed by atoms with van der Waals surface area (Å²) in [5, 5.41) is 10.4. The summed E-state index contributed by atoms with van der Waals surface area (Å²) in [6, 6.07) is 7.76. The zero-order valence-corrected chi connectivity index (χ0v) is 41.3. The molecule has 2 aliphatic rings. The van der Waals surface area contributed by atoms with Crippen LogP contribution in [0.1, 0.15) is 60.3 Å². The average molecular weight is 1080 g/mol. The molecule has 4 aromatic rings. The first-order valence-corrected chi connectivity index (χ1v) is 24.9. The van der Waals surface area contributed by atoms with Gasteiger partial charge in [0.05, 0.1) is 45.1 Å². The Morgan fingerprint density at radius 2 is 1.14 bits per heavy atom. The van der Waals surface area contributed by atoms with E-state index in [1.165, 1.54) is 52.8 Å². The van der Waals surface area contributed by atoms with E-state index in [0.29, 0.717) is 5.69 Å². The van der Waals surface area contributed by atoms with Crippen LogP contribution in [0, 0.1) is 23.5 Å². The molecule has 0 radical (unpaired) electrons. The summed E-state index contributed by atoms with van der Waals surface area (Å²) in [4.78, 5) is 47.7. The second-order valence-corrected chi connectivity index (χ2v) is 22.0. The lowest BCUT2D eigenvalue weighted by molar-refractivity contribution is -0.156. The molecule has 17 nitrogen and oxygen atoms in total. The second-order valence-electron chi connectivity index (χ2n) is 16.7. The minimum Gasteiger partial charge on any atom is -0.442 e. The van der Waals surface area contributed by atoms with Crippen LogP contribution in [0.25, 0.3) is 0 Å². The van der Waals surface area contributed by atoms with Crippen LogP contribution in [0.2, 0.25) is 0 Å². The van der Waals surface area contributed by atoms with Crippen LogP contribution < -0.4 is 10.6 Å². The number of anilines is 2. The number of carbonyl (C=O) groups is 4. The van der Waals surface area contributed by atoms with E-state index < -0.39 is 88.2 Å². The minimum atomic E-state index is -4.64. The van der Waals surface area contributed by atoms with Crippen molar-refractivity contribution in [3.05, 3.63) is 85.0 Å². The Morgan fingerprint density at radius 1 is 0.743 bits per heavy atom. The number of aromatic amines is 1. The predicted octanol–water partition coefficient (Wildman–Crippen LogP) is 9.33. The molecule has 3 N–H and O–H groups in total. The highest BCUT2D eigenvalue weighted by atomic mass is 35.5. The standard InChI is InChI=1S/C22H28F2N4O5S.C17H20F2N4O3S.C2HF3O.CH2Cl2/c1-21(2,3)33-20(30)28-14-17(13-25-28)26-19(29)27-10-8-15(9-11-27)22(4,24)34(31,32)18-7-5-6-16(23)12-18;1-17(19,27(25,26)15-4-2-3-13(18)9-15)12-5-7-23(8-6-12)16(24)22-14-10-20-21-11-14;3-2(4,5)1-6;2-1-3/h5-7,12-15H,8-11H2,1-4H3,(H,26,29);2-4,9-12H,5-8H2,1H3,(H,20,21)(H,22,24);1H;1H2. The molecule has 2 atom stereocenters. The molecule has 0 spiro atoms. The van der Waals surface area contributed by atoms with Crippen molar-refractivity contribution in [1.82, 2.24) is 29.8 Å². The highest BCUT2D eigenvalue weighted by Crippen LogP contribution is 2.41. The van der Waals surface area contributed by atoms with Gasteiger partial charge >= 0.3 is 24.3 Å². The van der Waals surface area contributed by atoms with Crippen molar-refractivity contribution in [1.29, 1.82) is 0 Å². The Labute approximate surface area is 409 Å². The smallest absolute Gasteiger partial charge is 0.442 e. The van der Waals surface area contributed by atoms with Gasteiger partial charge in [-0.3, -0.25) is 9.89 Å². The lowest BCUT2D eigenvalue weighted by atomic mass is 9.92. The number of amides is 4. The molecule has 2 aliphatic heterocycles. The van der Waals surface area contributed by atoms with Gasteiger partial charge in [0, 0.05) is 44.2 Å². The lowest BCUT2D eigenvalue weighted by Crippen LogP contribution is -2.47. The number of rotatable bonds is 8. The molecular weight excluding hydrogens is 1030 g/mol. The quantitative estimate of drug-likeness (QED) is 0.0857. The molecule has 4 amide bonds. The molecule has 6 rings (SSSR count). The summed E-state index contributed by atoms with van der Waals surface area (Å²) in [5.74, 6) is -3.18. The lowest BCUT2D eigenvalue weighted by Gasteiger charge is -2.37. The fourth-order valence-electron chi connectivity index (χ4n) is 6.88. The van der Waals surface area contributed by atoms with Gasteiger partial charge in [-0.15, -0.1) is 23.2 Å². The largest absolute Gasteiger partial charge is 0.446 e. The molecule has 2 unspecified atom stereocenters. The monoisotopic (exact) mass is 1080 g/mol. The third kappa shape index (κ3) is 16.3. The number of urea groups is 2. The topological polar surface area (TPSA) is 223 Å². The number of ether oxygens (including phenoxy) is 1. The van der Waals surface area contributed by atoms with E-state index in [1.54, 1.807) is 20.8 Å². The van der Waals surface area contributed by atoms with Crippen molar-refractivity contribution in [3.8, 4) is 0 Å². The number of hydrogen-bond donors (Lipinski definition) is 3. The number of piperidine rings is 2. The third-order valence-electron chi connectivity index (χ3n) is 10.6. The Bertz CT molecular complexity index is 2600. The number of hydrogen-bond acceptors (Lipinski definition) is 11. The van der Waals surface area contributed by atoms with Crippen molar-refractivity contribution in [2.45, 2.75) is 91.9 Å². The van der Waals surface area contributed by atoms with Gasteiger partial charge in [0.2, 0.25) is 36.0 Å². The molecule has 2 fully saturated rings. The third-order valence-corrected chi connectivity index (χ3v) is 15.1. The molecule has 0 saturated carbocycles. The number of likely N-dealkylation sites (tertiary alicyclic amines) is 2. The van der Waals surface area contributed by atoms with Crippen molar-refractivity contribution in [2.24, 2.45) is 11.8 Å². The van der Waals surface area contributed by atoms with Gasteiger partial charge in [0.15, 0.2) is 0 Å². The van der Waals surface area contributed by atoms with Crippen LogP contribution in [0.15, 0.2) is 83.1 Å². The van der Waals surface area contributed by atoms with Crippen LogP contribution in [-0.4, -0.2) is 124 Å². The summed E-state index contributed by atoms with van der Waals surface area (Å²) >= 11 is 9.53. The first-order chi connectivity index (χ1) is 32.4. The summed E-state index contributed by atoms with van der Waals surface area (Å²) in [5.41, 5.74) is 0.0669. The first kappa shape index (κ1) is 58.8. The number of sulfone groups is 2. The minimum absolute atomic E-state index is 0.103. The number of aromatic nitrogens is 4. The van der Waals surface area contributed by atoms with Crippen LogP contribution in [-0.2, 0) is 29.2 Å². The van der Waals surface area contributed by atoms with Gasteiger partial charge in [-0.25, -0.2) is 48.8 Å². The zero-order valence-electron chi connectivity index (χ0n) is 38.2. The number of alkyl halides is 7. The predicted molar refractivity (Wildman–Crippen MR) is 244 cm³/mol. The van der Waals surface area contributed by atoms with E-state index in [4.69, 9.17) is 32.7 Å². The highest BCUT2D eigenvalue weighted by Gasteiger charge is 2.50. The van der Waals surface area contributed by atoms with Crippen molar-refractivity contribution in [3.63, 3.8) is 0 Å². The first-order valence-electron chi connectivity index (χ1n) is 20.8. The second kappa shape index (κ2) is 24.6. The van der Waals surface area contributed by atoms with E-state index in [-0.39, 0.29) is 73.8 Å². The van der Waals surface area contributed by atoms with E-state index in [1.807, 2.05) is 0 Å². The fraction of sp³-hybridized carbons (Fsp3) is 0.476. The van der Waals surface area contributed by atoms with E-state index >= 15 is 8.78 Å². The number of carbonyl (C=O) groups excluding carboxylic acids is 4. The normalized spacial score (nSPS) is 16.5. The molecule has 2 saturated heterocycles. The molecule has 4 heterocycles. The Morgan fingerprint density at radius 3 is 1.49 bits per heavy atom. The summed E-state index contributed by atoms with van der Waals surface area (Å²) in [6.45, 7) is 7.81. The number of benzene rings is 2. The van der Waals surface area contributed by atoms with Gasteiger partial charge in [-0.1, -0.05) is 12.1 Å². The van der Waals surface area contributed by atoms with E-state index in [2.05, 4.69) is 25.9 Å². The Kier molecular flexibility index (Phi) is 20.7. The molecule has 388 valence electrons. The van der Waals surface area contributed by atoms with Gasteiger partial charge in [-0.05, 0) is 96.7 Å². The van der Waals surface area contributed by atoms with Gasteiger partial charge in [-0.2, -0.15) is 28.1 Å². The zero-order chi connectivity index (χ0) is 52.9. The Balaban J connectivity index is 0.000000321. The summed E-state index contributed by atoms with van der Waals surface area (Å²) in [6.07, 6.45) is -0.257. The number of aldehydes is 1. The number of H-pyrrole nitrogens is 1. The number of nitrogens with one attached hydrogen (secondary N) is 3. The van der Waals surface area contributed by atoms with Crippen molar-refractivity contribution in [2.75, 3.05) is 42.2 Å². The van der Waals surface area contributed by atoms with Crippen molar-refractivity contribution < 1.29 is 71.5 Å². The van der Waals surface area contributed by atoms with Crippen LogP contribution in [0.3, 0.4) is 0 Å². The molecular formula is C42H51Cl2F7N8O9S2. The van der Waals surface area contributed by atoms with Gasteiger partial charge < -0.3 is 25.2 Å². The highest BCUT2D eigenvalue weighted by molar-refractivity contribution is 7.93. The van der Waals surface area contributed by atoms with Crippen molar-refractivity contribution >= 4 is 78.7 Å². The molecule has 0 aliphatic carbocycles. The maximum Gasteiger partial charge on any atom is 0.446 e. The van der Waals surface area contributed by atoms with Crippen LogP contribution >= 0.6 is 23.2 Å². The Hall–Kier alpha value is -5.47. The molecule has 0 bridgehead atoms. The SMILES string of the molecule is CC(C)(C)OC(=O)n1cc(NC(=O)N2CCC(C(C)(F)S(=O)(=O)c3cccc(F)c3)CC2)cn1.CC(F)(C1CCN(C(=O)Nc2cn[nH]c2)CC1)S(=O)(=O)c1cccc(F)c1.ClCCl.O=CC(F)(F)F. The summed E-state index contributed by atoms with van der Waals surface area (Å²) in [7, 11) is -8.82.